The number of nitrogens with zero attached hydrogens (tertiary/aromatic N) is 4. The zero-order valence-electron chi connectivity index (χ0n) is 10.2. The average molecular weight is 288 g/mol. The summed E-state index contributed by atoms with van der Waals surface area (Å²) in [6.07, 6.45) is 1.76. The number of halogens is 1. The molecule has 0 aromatic carbocycles. The Kier molecular flexibility index (Phi) is 4.95. The maximum absolute atomic E-state index is 4.41. The zero-order chi connectivity index (χ0) is 12.1. The van der Waals surface area contributed by atoms with Gasteiger partial charge in [0, 0.05) is 33.4 Å². The van der Waals surface area contributed by atoms with Gasteiger partial charge in [0.05, 0.1) is 4.47 Å². The number of rotatable bonds is 5. The molecule has 0 aliphatic rings. The molecule has 0 fully saturated rings. The Hall–Kier alpha value is -0.880. The van der Waals surface area contributed by atoms with E-state index >= 15 is 0 Å². The van der Waals surface area contributed by atoms with Crippen LogP contribution in [-0.2, 0) is 0 Å². The molecule has 0 aliphatic carbocycles. The molecule has 0 bridgehead atoms. The smallest absolute Gasteiger partial charge is 0.224 e. The van der Waals surface area contributed by atoms with Gasteiger partial charge >= 0.3 is 0 Å². The van der Waals surface area contributed by atoms with E-state index in [2.05, 4.69) is 55.1 Å². The van der Waals surface area contributed by atoms with Gasteiger partial charge in [-0.05, 0) is 30.0 Å². The van der Waals surface area contributed by atoms with Gasteiger partial charge in [0.15, 0.2) is 0 Å². The third-order valence-electron chi connectivity index (χ3n) is 2.19. The second-order valence-corrected chi connectivity index (χ2v) is 4.69. The van der Waals surface area contributed by atoms with Crippen LogP contribution in [0.2, 0.25) is 0 Å². The Morgan fingerprint density at radius 1 is 1.31 bits per heavy atom. The van der Waals surface area contributed by atoms with Crippen molar-refractivity contribution in [1.29, 1.82) is 0 Å². The maximum atomic E-state index is 4.41. The lowest BCUT2D eigenvalue weighted by molar-refractivity contribution is 0.416. The highest BCUT2D eigenvalue weighted by atomic mass is 79.9. The molecule has 0 atom stereocenters. The molecule has 1 heterocycles. The van der Waals surface area contributed by atoms with Crippen molar-refractivity contribution < 1.29 is 0 Å². The molecule has 0 aliphatic heterocycles. The Morgan fingerprint density at radius 3 is 2.56 bits per heavy atom. The fourth-order valence-corrected chi connectivity index (χ4v) is 1.70. The van der Waals surface area contributed by atoms with E-state index in [1.165, 1.54) is 0 Å². The van der Waals surface area contributed by atoms with Crippen LogP contribution in [0.15, 0.2) is 10.7 Å². The zero-order valence-corrected chi connectivity index (χ0v) is 11.7. The van der Waals surface area contributed by atoms with Crippen molar-refractivity contribution in [3.8, 4) is 0 Å². The maximum Gasteiger partial charge on any atom is 0.224 e. The van der Waals surface area contributed by atoms with Gasteiger partial charge in [-0.1, -0.05) is 0 Å². The predicted molar refractivity (Wildman–Crippen MR) is 71.1 cm³/mol. The van der Waals surface area contributed by atoms with Gasteiger partial charge in [0.25, 0.3) is 0 Å². The first-order chi connectivity index (χ1) is 7.54. The highest BCUT2D eigenvalue weighted by Gasteiger charge is 2.09. The molecule has 16 heavy (non-hydrogen) atoms. The van der Waals surface area contributed by atoms with Crippen LogP contribution in [0.25, 0.3) is 0 Å². The summed E-state index contributed by atoms with van der Waals surface area (Å²) in [4.78, 5) is 12.8. The van der Waals surface area contributed by atoms with Gasteiger partial charge in [-0.15, -0.1) is 0 Å². The quantitative estimate of drug-likeness (QED) is 0.884. The van der Waals surface area contributed by atoms with E-state index in [4.69, 9.17) is 0 Å². The van der Waals surface area contributed by atoms with Crippen LogP contribution in [-0.4, -0.2) is 56.1 Å². The first kappa shape index (κ1) is 13.2. The number of nitrogens with one attached hydrogen (secondary N) is 1. The van der Waals surface area contributed by atoms with Gasteiger partial charge in [0.2, 0.25) is 5.95 Å². The van der Waals surface area contributed by atoms with Crippen molar-refractivity contribution in [3.05, 3.63) is 10.7 Å². The Labute approximate surface area is 105 Å². The summed E-state index contributed by atoms with van der Waals surface area (Å²) in [6, 6.07) is 0. The minimum atomic E-state index is 0.634. The normalized spacial score (nSPS) is 10.6. The fourth-order valence-electron chi connectivity index (χ4n) is 1.20. The number of aromatic nitrogens is 2. The first-order valence-corrected chi connectivity index (χ1v) is 5.90. The van der Waals surface area contributed by atoms with Crippen molar-refractivity contribution in [1.82, 2.24) is 14.9 Å². The Morgan fingerprint density at radius 2 is 2.00 bits per heavy atom. The summed E-state index contributed by atoms with van der Waals surface area (Å²) in [5.41, 5.74) is 0. The lowest BCUT2D eigenvalue weighted by atomic mass is 10.4. The van der Waals surface area contributed by atoms with Crippen LogP contribution in [0.4, 0.5) is 11.8 Å². The number of hydrogen-bond donors (Lipinski definition) is 1. The SMILES string of the molecule is CNc1ncc(Br)c(N(C)CCN(C)C)n1. The molecule has 90 valence electrons. The largest absolute Gasteiger partial charge is 0.357 e. The third kappa shape index (κ3) is 3.61. The molecule has 0 saturated carbocycles. The summed E-state index contributed by atoms with van der Waals surface area (Å²) in [5.74, 6) is 1.54. The number of anilines is 2. The van der Waals surface area contributed by atoms with E-state index < -0.39 is 0 Å². The second kappa shape index (κ2) is 6.00. The first-order valence-electron chi connectivity index (χ1n) is 5.10. The van der Waals surface area contributed by atoms with Crippen LogP contribution in [0.1, 0.15) is 0 Å². The van der Waals surface area contributed by atoms with E-state index in [-0.39, 0.29) is 0 Å². The van der Waals surface area contributed by atoms with E-state index in [1.54, 1.807) is 6.20 Å². The molecule has 6 heteroatoms. The van der Waals surface area contributed by atoms with Crippen molar-refractivity contribution >= 4 is 27.7 Å². The van der Waals surface area contributed by atoms with Crippen molar-refractivity contribution in [2.45, 2.75) is 0 Å². The molecule has 5 nitrogen and oxygen atoms in total. The lowest BCUT2D eigenvalue weighted by Gasteiger charge is -2.21. The fraction of sp³-hybridized carbons (Fsp3) is 0.600. The molecule has 0 saturated heterocycles. The molecular formula is C10H18BrN5. The molecule has 1 rings (SSSR count). The molecular weight excluding hydrogens is 270 g/mol. The van der Waals surface area contributed by atoms with Crippen LogP contribution in [0, 0.1) is 0 Å². The standard InChI is InChI=1S/C10H18BrN5/c1-12-10-13-7-8(11)9(14-10)16(4)6-5-15(2)3/h7H,5-6H2,1-4H3,(H,12,13,14). The minimum absolute atomic E-state index is 0.634. The topological polar surface area (TPSA) is 44.3 Å². The molecule has 0 radical (unpaired) electrons. The van der Waals surface area contributed by atoms with E-state index in [9.17, 15) is 0 Å². The Balaban J connectivity index is 2.76. The summed E-state index contributed by atoms with van der Waals surface area (Å²) in [5, 5.41) is 2.93. The number of likely N-dealkylation sites (N-methyl/N-ethyl adjacent to an activating group) is 2. The summed E-state index contributed by atoms with van der Waals surface area (Å²) < 4.78 is 0.910. The van der Waals surface area contributed by atoms with E-state index in [0.717, 1.165) is 23.4 Å². The molecule has 0 unspecified atom stereocenters. The minimum Gasteiger partial charge on any atom is -0.357 e. The Bertz CT molecular complexity index is 342. The molecule has 0 amide bonds. The number of hydrogen-bond acceptors (Lipinski definition) is 5. The lowest BCUT2D eigenvalue weighted by Crippen LogP contribution is -2.29. The van der Waals surface area contributed by atoms with E-state index in [0.29, 0.717) is 5.95 Å². The van der Waals surface area contributed by atoms with Crippen molar-refractivity contribution in [2.24, 2.45) is 0 Å². The summed E-state index contributed by atoms with van der Waals surface area (Å²) in [6.45, 7) is 1.91. The highest BCUT2D eigenvalue weighted by Crippen LogP contribution is 2.22. The van der Waals surface area contributed by atoms with Gasteiger partial charge in [-0.2, -0.15) is 4.98 Å². The van der Waals surface area contributed by atoms with Crippen molar-refractivity contribution in [3.63, 3.8) is 0 Å². The monoisotopic (exact) mass is 287 g/mol. The van der Waals surface area contributed by atoms with Crippen LogP contribution in [0.3, 0.4) is 0 Å². The van der Waals surface area contributed by atoms with Gasteiger partial charge in [-0.25, -0.2) is 4.98 Å². The van der Waals surface area contributed by atoms with E-state index in [1.807, 2.05) is 14.1 Å². The van der Waals surface area contributed by atoms with Gasteiger partial charge in [-0.3, -0.25) is 0 Å². The van der Waals surface area contributed by atoms with Gasteiger partial charge in [0.1, 0.15) is 5.82 Å². The van der Waals surface area contributed by atoms with Crippen LogP contribution >= 0.6 is 15.9 Å². The molecule has 1 aromatic rings. The van der Waals surface area contributed by atoms with Crippen molar-refractivity contribution in [2.75, 3.05) is 51.5 Å². The molecule has 1 N–H and O–H groups in total. The third-order valence-corrected chi connectivity index (χ3v) is 2.75. The van der Waals surface area contributed by atoms with Crippen LogP contribution < -0.4 is 10.2 Å². The second-order valence-electron chi connectivity index (χ2n) is 3.84. The van der Waals surface area contributed by atoms with Crippen LogP contribution in [0.5, 0.6) is 0 Å². The molecule has 1 aromatic heterocycles. The average Bonchev–Trinajstić information content (AvgIpc) is 2.26. The summed E-state index contributed by atoms with van der Waals surface area (Å²) >= 11 is 3.46. The van der Waals surface area contributed by atoms with Gasteiger partial charge < -0.3 is 15.1 Å². The predicted octanol–water partition coefficient (Wildman–Crippen LogP) is 1.28. The highest BCUT2D eigenvalue weighted by molar-refractivity contribution is 9.10. The molecule has 0 spiro atoms. The summed E-state index contributed by atoms with van der Waals surface area (Å²) in [7, 11) is 7.95.